The first-order chi connectivity index (χ1) is 22.1. The van der Waals surface area contributed by atoms with E-state index in [4.69, 9.17) is 21.1 Å². The molecule has 2 aromatic carbocycles. The molecule has 2 aliphatic carbocycles. The summed E-state index contributed by atoms with van der Waals surface area (Å²) in [7, 11) is -4.04. The van der Waals surface area contributed by atoms with Crippen LogP contribution in [-0.4, -0.2) is 63.2 Å². The third-order valence-electron chi connectivity index (χ3n) is 11.3. The van der Waals surface area contributed by atoms with Crippen molar-refractivity contribution in [2.24, 2.45) is 17.8 Å². The van der Waals surface area contributed by atoms with E-state index in [1.165, 1.54) is 11.1 Å². The minimum absolute atomic E-state index is 0.110. The molecule has 2 bridgehead atoms. The maximum atomic E-state index is 13.9. The van der Waals surface area contributed by atoms with Crippen LogP contribution < -0.4 is 14.4 Å². The van der Waals surface area contributed by atoms with Gasteiger partial charge in [-0.25, -0.2) is 13.1 Å². The third kappa shape index (κ3) is 6.20. The number of anilines is 1. The van der Waals surface area contributed by atoms with E-state index in [1.807, 2.05) is 25.1 Å². The standard InChI is InChI=1S/C36H45ClN2O6S/c1-23-5-2-8-32(40)29-12-9-26(29)20-39-21-36(15-3-6-24-17-27(37)11-13-30(24)36)22-45-33-14-10-25(18-31(33)39)35(41)38-46(42,43)34(23)19-28-7-4-16-44-28/h2,8,10-11,13-14,17-18,23,26,28-29,32,34,40H,3-7,9,12,15-16,19-22H2,1H3,(H,38,41)/b8-2-/t23-,26-,28-,29+,32-,34-,36-/m0/s1. The fraction of sp³-hybridized carbons (Fsp3) is 0.583. The number of carbonyl (C=O) groups excluding carboxylic acids is 1. The number of halogens is 1. The topological polar surface area (TPSA) is 105 Å². The number of nitrogens with one attached hydrogen (secondary N) is 1. The second kappa shape index (κ2) is 12.8. The number of ether oxygens (including phenoxy) is 2. The average Bonchev–Trinajstić information content (AvgIpc) is 3.47. The lowest BCUT2D eigenvalue weighted by atomic mass is 9.68. The maximum absolute atomic E-state index is 13.9. The van der Waals surface area contributed by atoms with Gasteiger partial charge in [0.05, 0.1) is 29.8 Å². The molecular weight excluding hydrogens is 624 g/mol. The highest BCUT2D eigenvalue weighted by Crippen LogP contribution is 2.47. The molecule has 0 radical (unpaired) electrons. The minimum atomic E-state index is -4.04. The van der Waals surface area contributed by atoms with Gasteiger partial charge in [-0.05, 0) is 117 Å². The van der Waals surface area contributed by atoms with Crippen LogP contribution in [0.4, 0.5) is 5.69 Å². The number of rotatable bonds is 2. The van der Waals surface area contributed by atoms with Gasteiger partial charge in [0.2, 0.25) is 10.0 Å². The highest BCUT2D eigenvalue weighted by Gasteiger charge is 2.44. The number of amides is 1. The highest BCUT2D eigenvalue weighted by atomic mass is 35.5. The average molecular weight is 669 g/mol. The molecule has 0 unspecified atom stereocenters. The van der Waals surface area contributed by atoms with Crippen LogP contribution in [0.25, 0.3) is 0 Å². The summed E-state index contributed by atoms with van der Waals surface area (Å²) in [5.41, 5.74) is 3.31. The van der Waals surface area contributed by atoms with Crippen LogP contribution in [-0.2, 0) is 26.6 Å². The van der Waals surface area contributed by atoms with Crippen molar-refractivity contribution in [1.29, 1.82) is 0 Å². The zero-order valence-electron chi connectivity index (χ0n) is 26.5. The second-order valence-electron chi connectivity index (χ2n) is 14.3. The Morgan fingerprint density at radius 2 is 2.00 bits per heavy atom. The molecule has 1 amide bonds. The van der Waals surface area contributed by atoms with Crippen LogP contribution in [0.5, 0.6) is 5.75 Å². The first-order valence-corrected chi connectivity index (χ1v) is 18.9. The summed E-state index contributed by atoms with van der Waals surface area (Å²) in [5.74, 6) is 0.149. The lowest BCUT2D eigenvalue weighted by Crippen LogP contribution is -2.49. The van der Waals surface area contributed by atoms with E-state index in [1.54, 1.807) is 18.2 Å². The number of aliphatic hydroxyl groups is 1. The molecule has 7 atom stereocenters. The molecule has 1 saturated carbocycles. The van der Waals surface area contributed by atoms with Gasteiger partial charge in [-0.2, -0.15) is 0 Å². The largest absolute Gasteiger partial charge is 0.490 e. The van der Waals surface area contributed by atoms with Crippen LogP contribution in [0.1, 0.15) is 79.8 Å². The lowest BCUT2D eigenvalue weighted by molar-refractivity contribution is 0.0455. The molecule has 0 aromatic heterocycles. The Morgan fingerprint density at radius 3 is 2.78 bits per heavy atom. The van der Waals surface area contributed by atoms with Gasteiger partial charge < -0.3 is 19.5 Å². The summed E-state index contributed by atoms with van der Waals surface area (Å²) < 4.78 is 42.5. The summed E-state index contributed by atoms with van der Waals surface area (Å²) in [4.78, 5) is 16.0. The molecule has 3 aliphatic heterocycles. The van der Waals surface area contributed by atoms with Gasteiger partial charge in [-0.3, -0.25) is 4.79 Å². The van der Waals surface area contributed by atoms with Crippen molar-refractivity contribution in [3.05, 3.63) is 70.3 Å². The number of hydrogen-bond acceptors (Lipinski definition) is 7. The third-order valence-corrected chi connectivity index (χ3v) is 13.5. The van der Waals surface area contributed by atoms with E-state index in [-0.39, 0.29) is 34.8 Å². The van der Waals surface area contributed by atoms with Crippen LogP contribution in [0.3, 0.4) is 0 Å². The molecule has 10 heteroatoms. The molecule has 7 rings (SSSR count). The Kier molecular flexibility index (Phi) is 8.89. The molecular formula is C36H45ClN2O6S. The lowest BCUT2D eigenvalue weighted by Gasteiger charge is -2.45. The number of carbonyl (C=O) groups is 1. The van der Waals surface area contributed by atoms with Gasteiger partial charge in [-0.15, -0.1) is 0 Å². The smallest absolute Gasteiger partial charge is 0.264 e. The van der Waals surface area contributed by atoms with Crippen molar-refractivity contribution < 1.29 is 27.8 Å². The number of nitrogens with zero attached hydrogens (tertiary/aromatic N) is 1. The van der Waals surface area contributed by atoms with Gasteiger partial charge >= 0.3 is 0 Å². The van der Waals surface area contributed by atoms with E-state index in [2.05, 4.69) is 21.8 Å². The molecule has 5 aliphatic rings. The Bertz CT molecular complexity index is 1610. The number of sulfonamides is 1. The van der Waals surface area contributed by atoms with Gasteiger partial charge in [0.25, 0.3) is 5.91 Å². The Morgan fingerprint density at radius 1 is 1.13 bits per heavy atom. The molecule has 1 saturated heterocycles. The minimum Gasteiger partial charge on any atom is -0.490 e. The molecule has 2 fully saturated rings. The van der Waals surface area contributed by atoms with Gasteiger partial charge in [0, 0.05) is 35.7 Å². The zero-order chi connectivity index (χ0) is 32.1. The van der Waals surface area contributed by atoms with E-state index in [0.29, 0.717) is 44.9 Å². The van der Waals surface area contributed by atoms with E-state index in [0.717, 1.165) is 55.7 Å². The van der Waals surface area contributed by atoms with E-state index < -0.39 is 27.3 Å². The number of aliphatic hydroxyl groups excluding tert-OH is 1. The van der Waals surface area contributed by atoms with E-state index in [9.17, 15) is 18.3 Å². The molecule has 248 valence electrons. The summed E-state index contributed by atoms with van der Waals surface area (Å²) >= 11 is 6.41. The van der Waals surface area contributed by atoms with Crippen molar-refractivity contribution in [3.63, 3.8) is 0 Å². The SMILES string of the molecule is C[C@H]1C/C=C\[C@H](O)[C@@H]2CC[C@H]2CN2C[C@@]3(CCCc4cc(Cl)ccc43)COc3ccc(cc32)C(=O)NS(=O)(=O)[C@H]1C[C@@H]1CCCO1. The van der Waals surface area contributed by atoms with Gasteiger partial charge in [-0.1, -0.05) is 36.7 Å². The van der Waals surface area contributed by atoms with Crippen LogP contribution in [0.2, 0.25) is 5.02 Å². The number of aryl methyl sites for hydroxylation is 1. The quantitative estimate of drug-likeness (QED) is 0.390. The number of benzene rings is 2. The molecule has 3 heterocycles. The Hall–Kier alpha value is -2.59. The summed E-state index contributed by atoms with van der Waals surface area (Å²) in [5, 5.41) is 11.2. The molecule has 1 spiro atoms. The molecule has 2 N–H and O–H groups in total. The summed E-state index contributed by atoms with van der Waals surface area (Å²) in [6.07, 6.45) is 10.4. The monoisotopic (exact) mass is 668 g/mol. The van der Waals surface area contributed by atoms with Gasteiger partial charge in [0.15, 0.2) is 0 Å². The molecule has 2 aromatic rings. The number of fused-ring (bicyclic) bond motifs is 4. The zero-order valence-corrected chi connectivity index (χ0v) is 28.1. The summed E-state index contributed by atoms with van der Waals surface area (Å²) in [6, 6.07) is 11.4. The van der Waals surface area contributed by atoms with Crippen LogP contribution >= 0.6 is 11.6 Å². The number of hydrogen-bond donors (Lipinski definition) is 2. The van der Waals surface area contributed by atoms with Crippen molar-refractivity contribution in [2.75, 3.05) is 31.2 Å². The van der Waals surface area contributed by atoms with Crippen molar-refractivity contribution >= 4 is 33.2 Å². The number of allylic oxidation sites excluding steroid dienone is 1. The predicted octanol–water partition coefficient (Wildman–Crippen LogP) is 5.79. The second-order valence-corrected chi connectivity index (χ2v) is 16.6. The summed E-state index contributed by atoms with van der Waals surface area (Å²) in [6.45, 7) is 4.42. The highest BCUT2D eigenvalue weighted by molar-refractivity contribution is 7.90. The van der Waals surface area contributed by atoms with E-state index >= 15 is 0 Å². The van der Waals surface area contributed by atoms with Crippen molar-refractivity contribution in [1.82, 2.24) is 4.72 Å². The molecule has 46 heavy (non-hydrogen) atoms. The fourth-order valence-corrected chi connectivity index (χ4v) is 10.5. The van der Waals surface area contributed by atoms with Crippen LogP contribution in [0.15, 0.2) is 48.6 Å². The maximum Gasteiger partial charge on any atom is 0.264 e. The van der Waals surface area contributed by atoms with Crippen LogP contribution in [0, 0.1) is 17.8 Å². The Labute approximate surface area is 277 Å². The first kappa shape index (κ1) is 32.0. The Balaban J connectivity index is 1.27. The normalized spacial score (nSPS) is 34.8. The predicted molar refractivity (Wildman–Crippen MR) is 179 cm³/mol. The van der Waals surface area contributed by atoms with Gasteiger partial charge in [0.1, 0.15) is 5.75 Å². The fourth-order valence-electron chi connectivity index (χ4n) is 8.55. The first-order valence-electron chi connectivity index (χ1n) is 16.9. The van der Waals surface area contributed by atoms with Crippen molar-refractivity contribution in [3.8, 4) is 5.75 Å². The molecule has 8 nitrogen and oxygen atoms in total. The van der Waals surface area contributed by atoms with Crippen molar-refractivity contribution in [2.45, 2.75) is 87.6 Å².